The molecule has 0 aliphatic rings. The molecule has 3 aromatic rings. The van der Waals surface area contributed by atoms with Gasteiger partial charge >= 0.3 is 0 Å². The van der Waals surface area contributed by atoms with E-state index in [9.17, 15) is 13.2 Å². The summed E-state index contributed by atoms with van der Waals surface area (Å²) in [5.74, 6) is -0.132. The maximum Gasteiger partial charge on any atom is 0.264 e. The molecule has 0 bridgehead atoms. The standard InChI is InChI=1S/C23H23ClN2O4S/c1-3-30-22-12-8-7-11-21(22)26(31(28,29)19-9-5-4-6-10-19)16-23(27)25-20-15-18(24)14-13-17(20)2/h4-15H,3,16H2,1-2H3,(H,25,27). The third-order valence-electron chi connectivity index (χ3n) is 4.53. The van der Waals surface area contributed by atoms with E-state index in [2.05, 4.69) is 5.32 Å². The lowest BCUT2D eigenvalue weighted by Crippen LogP contribution is -2.38. The highest BCUT2D eigenvalue weighted by atomic mass is 35.5. The molecule has 0 aromatic heterocycles. The average molecular weight is 459 g/mol. The average Bonchev–Trinajstić information content (AvgIpc) is 2.76. The largest absolute Gasteiger partial charge is 0.492 e. The van der Waals surface area contributed by atoms with E-state index in [4.69, 9.17) is 16.3 Å². The number of halogens is 1. The molecule has 0 fully saturated rings. The molecule has 0 heterocycles. The molecule has 6 nitrogen and oxygen atoms in total. The van der Waals surface area contributed by atoms with Crippen LogP contribution in [0.2, 0.25) is 5.02 Å². The number of nitrogens with zero attached hydrogens (tertiary/aromatic N) is 1. The van der Waals surface area contributed by atoms with Gasteiger partial charge in [0.05, 0.1) is 17.2 Å². The molecule has 31 heavy (non-hydrogen) atoms. The second-order valence-electron chi connectivity index (χ2n) is 6.73. The monoisotopic (exact) mass is 458 g/mol. The minimum absolute atomic E-state index is 0.0769. The van der Waals surface area contributed by atoms with Crippen molar-refractivity contribution in [1.82, 2.24) is 0 Å². The Morgan fingerprint density at radius 3 is 2.42 bits per heavy atom. The van der Waals surface area contributed by atoms with Crippen LogP contribution in [-0.4, -0.2) is 27.5 Å². The lowest BCUT2D eigenvalue weighted by atomic mass is 10.2. The zero-order valence-corrected chi connectivity index (χ0v) is 18.8. The zero-order valence-electron chi connectivity index (χ0n) is 17.2. The van der Waals surface area contributed by atoms with Gasteiger partial charge in [-0.05, 0) is 55.8 Å². The van der Waals surface area contributed by atoms with Crippen LogP contribution in [0.1, 0.15) is 12.5 Å². The molecule has 0 radical (unpaired) electrons. The second-order valence-corrected chi connectivity index (χ2v) is 9.03. The molecule has 0 aliphatic carbocycles. The maximum atomic E-state index is 13.5. The number of hydrogen-bond donors (Lipinski definition) is 1. The van der Waals surface area contributed by atoms with Crippen LogP contribution < -0.4 is 14.4 Å². The minimum atomic E-state index is -4.03. The lowest BCUT2D eigenvalue weighted by molar-refractivity contribution is -0.114. The van der Waals surface area contributed by atoms with Crippen molar-refractivity contribution in [2.45, 2.75) is 18.7 Å². The van der Waals surface area contributed by atoms with Gasteiger partial charge in [-0.25, -0.2) is 8.42 Å². The van der Waals surface area contributed by atoms with E-state index in [1.165, 1.54) is 12.1 Å². The molecule has 3 rings (SSSR count). The molecule has 1 N–H and O–H groups in total. The fraction of sp³-hybridized carbons (Fsp3) is 0.174. The van der Waals surface area contributed by atoms with Gasteiger partial charge in [-0.15, -0.1) is 0 Å². The molecule has 0 atom stereocenters. The Morgan fingerprint density at radius 2 is 1.71 bits per heavy atom. The van der Waals surface area contributed by atoms with E-state index < -0.39 is 22.5 Å². The quantitative estimate of drug-likeness (QED) is 0.522. The number of carbonyl (C=O) groups is 1. The number of rotatable bonds is 8. The van der Waals surface area contributed by atoms with Crippen molar-refractivity contribution in [2.24, 2.45) is 0 Å². The Balaban J connectivity index is 2.00. The first-order chi connectivity index (χ1) is 14.8. The number of sulfonamides is 1. The number of nitrogens with one attached hydrogen (secondary N) is 1. The summed E-state index contributed by atoms with van der Waals surface area (Å²) in [6, 6.07) is 19.8. The minimum Gasteiger partial charge on any atom is -0.492 e. The third-order valence-corrected chi connectivity index (χ3v) is 6.53. The van der Waals surface area contributed by atoms with E-state index in [-0.39, 0.29) is 10.6 Å². The summed E-state index contributed by atoms with van der Waals surface area (Å²) in [6.45, 7) is 3.55. The highest BCUT2D eigenvalue weighted by Gasteiger charge is 2.29. The molecular weight excluding hydrogens is 436 g/mol. The fourth-order valence-corrected chi connectivity index (χ4v) is 4.63. The first-order valence-corrected chi connectivity index (χ1v) is 11.5. The Hall–Kier alpha value is -3.03. The molecule has 3 aromatic carbocycles. The normalized spacial score (nSPS) is 11.1. The Morgan fingerprint density at radius 1 is 1.03 bits per heavy atom. The predicted molar refractivity (Wildman–Crippen MR) is 123 cm³/mol. The van der Waals surface area contributed by atoms with E-state index in [1.807, 2.05) is 6.92 Å². The highest BCUT2D eigenvalue weighted by molar-refractivity contribution is 7.92. The highest BCUT2D eigenvalue weighted by Crippen LogP contribution is 2.32. The van der Waals surface area contributed by atoms with Crippen molar-refractivity contribution in [3.63, 3.8) is 0 Å². The Bertz CT molecular complexity index is 1170. The molecule has 1 amide bonds. The van der Waals surface area contributed by atoms with E-state index in [0.29, 0.717) is 23.1 Å². The topological polar surface area (TPSA) is 75.7 Å². The molecule has 0 spiro atoms. The van der Waals surface area contributed by atoms with Gasteiger partial charge in [-0.2, -0.15) is 0 Å². The molecular formula is C23H23ClN2O4S. The van der Waals surface area contributed by atoms with E-state index in [1.54, 1.807) is 67.6 Å². The number of amides is 1. The summed E-state index contributed by atoms with van der Waals surface area (Å²) in [6.07, 6.45) is 0. The number of aryl methyl sites for hydroxylation is 1. The number of para-hydroxylation sites is 2. The molecule has 8 heteroatoms. The summed E-state index contributed by atoms with van der Waals surface area (Å²) in [5, 5.41) is 3.22. The van der Waals surface area contributed by atoms with Gasteiger partial charge in [-0.3, -0.25) is 9.10 Å². The SMILES string of the molecule is CCOc1ccccc1N(CC(=O)Nc1cc(Cl)ccc1C)S(=O)(=O)c1ccccc1. The van der Waals surface area contributed by atoms with Crippen LogP contribution in [0.4, 0.5) is 11.4 Å². The van der Waals surface area contributed by atoms with Gasteiger partial charge in [0.25, 0.3) is 10.0 Å². The van der Waals surface area contributed by atoms with Gasteiger partial charge in [0.15, 0.2) is 0 Å². The lowest BCUT2D eigenvalue weighted by Gasteiger charge is -2.26. The Kier molecular flexibility index (Phi) is 7.20. The molecule has 0 aliphatic heterocycles. The summed E-state index contributed by atoms with van der Waals surface area (Å²) in [5.41, 5.74) is 1.61. The maximum absolute atomic E-state index is 13.5. The smallest absolute Gasteiger partial charge is 0.264 e. The second kappa shape index (κ2) is 9.85. The summed E-state index contributed by atoms with van der Waals surface area (Å²) in [7, 11) is -4.03. The van der Waals surface area contributed by atoms with Crippen molar-refractivity contribution in [3.8, 4) is 5.75 Å². The van der Waals surface area contributed by atoms with Gasteiger partial charge in [-0.1, -0.05) is 48.0 Å². The number of anilines is 2. The van der Waals surface area contributed by atoms with Crippen LogP contribution in [-0.2, 0) is 14.8 Å². The van der Waals surface area contributed by atoms with Crippen LogP contribution in [0.15, 0.2) is 77.7 Å². The van der Waals surface area contributed by atoms with Crippen LogP contribution in [0.25, 0.3) is 0 Å². The van der Waals surface area contributed by atoms with Gasteiger partial charge in [0, 0.05) is 10.7 Å². The fourth-order valence-electron chi connectivity index (χ4n) is 3.01. The summed E-state index contributed by atoms with van der Waals surface area (Å²) < 4.78 is 33.6. The van der Waals surface area contributed by atoms with Crippen molar-refractivity contribution in [2.75, 3.05) is 22.8 Å². The third kappa shape index (κ3) is 5.37. The van der Waals surface area contributed by atoms with Gasteiger partial charge < -0.3 is 10.1 Å². The van der Waals surface area contributed by atoms with Crippen molar-refractivity contribution in [1.29, 1.82) is 0 Å². The number of benzene rings is 3. The predicted octanol–water partition coefficient (Wildman–Crippen LogP) is 4.88. The van der Waals surface area contributed by atoms with Crippen molar-refractivity contribution < 1.29 is 17.9 Å². The van der Waals surface area contributed by atoms with E-state index in [0.717, 1.165) is 9.87 Å². The van der Waals surface area contributed by atoms with Crippen LogP contribution in [0, 0.1) is 6.92 Å². The van der Waals surface area contributed by atoms with Crippen molar-refractivity contribution >= 4 is 38.9 Å². The Labute approximate surface area is 187 Å². The molecule has 0 saturated heterocycles. The number of ether oxygens (including phenoxy) is 1. The van der Waals surface area contributed by atoms with Crippen LogP contribution in [0.3, 0.4) is 0 Å². The van der Waals surface area contributed by atoms with Crippen LogP contribution >= 0.6 is 11.6 Å². The number of carbonyl (C=O) groups excluding carboxylic acids is 1. The number of hydrogen-bond acceptors (Lipinski definition) is 4. The van der Waals surface area contributed by atoms with Gasteiger partial charge in [0.1, 0.15) is 12.3 Å². The van der Waals surface area contributed by atoms with Gasteiger partial charge in [0.2, 0.25) is 5.91 Å². The van der Waals surface area contributed by atoms with Crippen LogP contribution in [0.5, 0.6) is 5.75 Å². The first kappa shape index (κ1) is 22.7. The first-order valence-electron chi connectivity index (χ1n) is 9.68. The molecule has 162 valence electrons. The molecule has 0 unspecified atom stereocenters. The summed E-state index contributed by atoms with van der Waals surface area (Å²) in [4.78, 5) is 13.0. The summed E-state index contributed by atoms with van der Waals surface area (Å²) >= 11 is 6.04. The molecule has 0 saturated carbocycles. The van der Waals surface area contributed by atoms with Crippen molar-refractivity contribution in [3.05, 3.63) is 83.4 Å². The van der Waals surface area contributed by atoms with E-state index >= 15 is 0 Å². The zero-order chi connectivity index (χ0) is 22.4.